The standard InChI is InChI=1S/C14H19N3O3S/c1-19-6-5-17-10-11(8-16-17)15-9-13-4-3-12(21-13)7-14(18)20-2/h3-4,8,10,15H,5-7,9H2,1-2H3. The Balaban J connectivity index is 1.82. The first-order chi connectivity index (χ1) is 10.2. The fraction of sp³-hybridized carbons (Fsp3) is 0.429. The van der Waals surface area contributed by atoms with Crippen LogP contribution >= 0.6 is 11.3 Å². The van der Waals surface area contributed by atoms with Crippen molar-refractivity contribution in [3.63, 3.8) is 0 Å². The highest BCUT2D eigenvalue weighted by molar-refractivity contribution is 7.12. The largest absolute Gasteiger partial charge is 0.469 e. The van der Waals surface area contributed by atoms with Crippen LogP contribution in [0.4, 0.5) is 5.69 Å². The molecule has 0 aliphatic rings. The Labute approximate surface area is 127 Å². The third-order valence-corrected chi connectivity index (χ3v) is 3.97. The first-order valence-electron chi connectivity index (χ1n) is 6.61. The number of ether oxygens (including phenoxy) is 2. The number of nitrogens with zero attached hydrogens (tertiary/aromatic N) is 2. The first kappa shape index (κ1) is 15.5. The Bertz CT molecular complexity index is 580. The molecule has 0 fully saturated rings. The zero-order valence-corrected chi connectivity index (χ0v) is 13.0. The third-order valence-electron chi connectivity index (χ3n) is 2.89. The molecule has 0 amide bonds. The van der Waals surface area contributed by atoms with E-state index in [9.17, 15) is 4.79 Å². The highest BCUT2D eigenvalue weighted by Crippen LogP contribution is 2.19. The van der Waals surface area contributed by atoms with Gasteiger partial charge < -0.3 is 14.8 Å². The Hall–Kier alpha value is -1.86. The van der Waals surface area contributed by atoms with Gasteiger partial charge in [-0.15, -0.1) is 11.3 Å². The predicted molar refractivity (Wildman–Crippen MR) is 81.5 cm³/mol. The number of hydrogen-bond donors (Lipinski definition) is 1. The molecular weight excluding hydrogens is 290 g/mol. The predicted octanol–water partition coefficient (Wildman–Crippen LogP) is 1.92. The molecule has 21 heavy (non-hydrogen) atoms. The molecular formula is C14H19N3O3S. The average Bonchev–Trinajstić information content (AvgIpc) is 3.12. The number of hydrogen-bond acceptors (Lipinski definition) is 6. The van der Waals surface area contributed by atoms with Gasteiger partial charge in [-0.25, -0.2) is 0 Å². The lowest BCUT2D eigenvalue weighted by Gasteiger charge is -2.01. The topological polar surface area (TPSA) is 65.4 Å². The lowest BCUT2D eigenvalue weighted by atomic mass is 10.3. The van der Waals surface area contributed by atoms with Gasteiger partial charge >= 0.3 is 5.97 Å². The number of methoxy groups -OCH3 is 2. The molecule has 6 nitrogen and oxygen atoms in total. The normalized spacial score (nSPS) is 10.6. The summed E-state index contributed by atoms with van der Waals surface area (Å²) in [5, 5.41) is 7.55. The van der Waals surface area contributed by atoms with Crippen LogP contribution in [0.3, 0.4) is 0 Å². The molecule has 114 valence electrons. The van der Waals surface area contributed by atoms with Crippen LogP contribution in [0.1, 0.15) is 9.75 Å². The van der Waals surface area contributed by atoms with Gasteiger partial charge in [0.05, 0.1) is 38.6 Å². The lowest BCUT2D eigenvalue weighted by Crippen LogP contribution is -2.04. The van der Waals surface area contributed by atoms with Gasteiger partial charge in [-0.3, -0.25) is 9.48 Å². The summed E-state index contributed by atoms with van der Waals surface area (Å²) in [4.78, 5) is 13.4. The minimum Gasteiger partial charge on any atom is -0.469 e. The second-order valence-electron chi connectivity index (χ2n) is 4.46. The second kappa shape index (κ2) is 7.80. The van der Waals surface area contributed by atoms with E-state index in [2.05, 4.69) is 15.2 Å². The number of esters is 1. The zero-order valence-electron chi connectivity index (χ0n) is 12.2. The van der Waals surface area contributed by atoms with Gasteiger partial charge in [-0.05, 0) is 12.1 Å². The van der Waals surface area contributed by atoms with E-state index in [0.717, 1.165) is 17.1 Å². The Morgan fingerprint density at radius 3 is 2.95 bits per heavy atom. The summed E-state index contributed by atoms with van der Waals surface area (Å²) >= 11 is 1.61. The van der Waals surface area contributed by atoms with Crippen molar-refractivity contribution in [2.45, 2.75) is 19.5 Å². The average molecular weight is 309 g/mol. The number of carbonyl (C=O) groups is 1. The van der Waals surface area contributed by atoms with Gasteiger partial charge in [0, 0.05) is 29.6 Å². The van der Waals surface area contributed by atoms with Crippen LogP contribution in [-0.2, 0) is 33.8 Å². The molecule has 2 heterocycles. The van der Waals surface area contributed by atoms with Gasteiger partial charge in [0.15, 0.2) is 0 Å². The van der Waals surface area contributed by atoms with E-state index in [1.807, 2.05) is 23.0 Å². The monoisotopic (exact) mass is 309 g/mol. The highest BCUT2D eigenvalue weighted by Gasteiger charge is 2.06. The number of anilines is 1. The Kier molecular flexibility index (Phi) is 5.77. The van der Waals surface area contributed by atoms with E-state index in [4.69, 9.17) is 4.74 Å². The number of thiophene rings is 1. The van der Waals surface area contributed by atoms with E-state index < -0.39 is 0 Å². The second-order valence-corrected chi connectivity index (χ2v) is 5.71. The van der Waals surface area contributed by atoms with Crippen LogP contribution in [0.15, 0.2) is 24.5 Å². The summed E-state index contributed by atoms with van der Waals surface area (Å²) in [5.74, 6) is -0.212. The molecule has 0 aliphatic heterocycles. The van der Waals surface area contributed by atoms with Crippen LogP contribution in [0, 0.1) is 0 Å². The van der Waals surface area contributed by atoms with Crippen molar-refractivity contribution >= 4 is 23.0 Å². The SMILES string of the molecule is COCCn1cc(NCc2ccc(CC(=O)OC)s2)cn1. The quantitative estimate of drug-likeness (QED) is 0.755. The van der Waals surface area contributed by atoms with E-state index in [0.29, 0.717) is 19.6 Å². The van der Waals surface area contributed by atoms with E-state index in [-0.39, 0.29) is 5.97 Å². The number of aromatic nitrogens is 2. The van der Waals surface area contributed by atoms with Gasteiger partial charge in [-0.2, -0.15) is 5.10 Å². The molecule has 0 aliphatic carbocycles. The molecule has 2 rings (SSSR count). The smallest absolute Gasteiger partial charge is 0.310 e. The summed E-state index contributed by atoms with van der Waals surface area (Å²) in [6.45, 7) is 2.09. The van der Waals surface area contributed by atoms with Crippen molar-refractivity contribution in [2.75, 3.05) is 26.1 Å². The maximum Gasteiger partial charge on any atom is 0.310 e. The zero-order chi connectivity index (χ0) is 15.1. The number of rotatable bonds is 8. The summed E-state index contributed by atoms with van der Waals surface area (Å²) in [6, 6.07) is 3.98. The summed E-state index contributed by atoms with van der Waals surface area (Å²) in [7, 11) is 3.07. The fourth-order valence-corrected chi connectivity index (χ4v) is 2.72. The molecule has 7 heteroatoms. The van der Waals surface area contributed by atoms with Crippen molar-refractivity contribution < 1.29 is 14.3 Å². The van der Waals surface area contributed by atoms with Crippen molar-refractivity contribution in [3.05, 3.63) is 34.3 Å². The third kappa shape index (κ3) is 4.87. The Morgan fingerprint density at radius 2 is 2.19 bits per heavy atom. The van der Waals surface area contributed by atoms with Gasteiger partial charge in [0.1, 0.15) is 0 Å². The fourth-order valence-electron chi connectivity index (χ4n) is 1.78. The van der Waals surface area contributed by atoms with Crippen molar-refractivity contribution in [2.24, 2.45) is 0 Å². The van der Waals surface area contributed by atoms with Gasteiger partial charge in [0.2, 0.25) is 0 Å². The molecule has 2 aromatic heterocycles. The molecule has 0 aromatic carbocycles. The van der Waals surface area contributed by atoms with Crippen molar-refractivity contribution in [1.82, 2.24) is 9.78 Å². The van der Waals surface area contributed by atoms with Crippen LogP contribution < -0.4 is 5.32 Å². The van der Waals surface area contributed by atoms with E-state index in [1.165, 1.54) is 12.0 Å². The molecule has 1 N–H and O–H groups in total. The molecule has 0 saturated carbocycles. The maximum atomic E-state index is 11.2. The van der Waals surface area contributed by atoms with Gasteiger partial charge in [0.25, 0.3) is 0 Å². The van der Waals surface area contributed by atoms with Crippen LogP contribution in [0.2, 0.25) is 0 Å². The maximum absolute atomic E-state index is 11.2. The van der Waals surface area contributed by atoms with E-state index in [1.54, 1.807) is 24.6 Å². The van der Waals surface area contributed by atoms with Crippen molar-refractivity contribution in [1.29, 1.82) is 0 Å². The van der Waals surface area contributed by atoms with E-state index >= 15 is 0 Å². The molecule has 0 atom stereocenters. The number of carbonyl (C=O) groups excluding carboxylic acids is 1. The van der Waals surface area contributed by atoms with Crippen LogP contribution in [0.25, 0.3) is 0 Å². The highest BCUT2D eigenvalue weighted by atomic mass is 32.1. The molecule has 2 aromatic rings. The summed E-state index contributed by atoms with van der Waals surface area (Å²) < 4.78 is 11.5. The summed E-state index contributed by atoms with van der Waals surface area (Å²) in [6.07, 6.45) is 4.07. The van der Waals surface area contributed by atoms with Crippen molar-refractivity contribution in [3.8, 4) is 0 Å². The van der Waals surface area contributed by atoms with Gasteiger partial charge in [-0.1, -0.05) is 0 Å². The molecule has 0 spiro atoms. The molecule has 0 unspecified atom stereocenters. The molecule has 0 saturated heterocycles. The molecule has 0 bridgehead atoms. The minimum absolute atomic E-state index is 0.212. The Morgan fingerprint density at radius 1 is 1.38 bits per heavy atom. The molecule has 0 radical (unpaired) electrons. The lowest BCUT2D eigenvalue weighted by molar-refractivity contribution is -0.139. The number of nitrogens with one attached hydrogen (secondary N) is 1. The minimum atomic E-state index is -0.212. The van der Waals surface area contributed by atoms with Crippen LogP contribution in [0.5, 0.6) is 0 Å². The summed E-state index contributed by atoms with van der Waals surface area (Å²) in [5.41, 5.74) is 0.967. The first-order valence-corrected chi connectivity index (χ1v) is 7.42. The van der Waals surface area contributed by atoms with Crippen LogP contribution in [-0.4, -0.2) is 36.6 Å².